The maximum absolute atomic E-state index is 12.4. The molecule has 2 N–H and O–H groups in total. The third-order valence-electron chi connectivity index (χ3n) is 1.32. The zero-order chi connectivity index (χ0) is 14.8. The van der Waals surface area contributed by atoms with Gasteiger partial charge in [0, 0.05) is 0 Å². The van der Waals surface area contributed by atoms with Crippen molar-refractivity contribution in [3.63, 3.8) is 0 Å². The van der Waals surface area contributed by atoms with Crippen molar-refractivity contribution in [1.29, 1.82) is 0 Å². The Morgan fingerprint density at radius 3 is 1.56 bits per heavy atom. The monoisotopic (exact) mass is 294 g/mol. The highest BCUT2D eigenvalue weighted by Crippen LogP contribution is 2.44. The average Bonchev–Trinajstić information content (AvgIpc) is 2.10. The lowest BCUT2D eigenvalue weighted by Gasteiger charge is -2.30. The first-order valence-electron chi connectivity index (χ1n) is 3.95. The van der Waals surface area contributed by atoms with E-state index < -0.39 is 37.6 Å². The molecule has 0 radical (unpaired) electrons. The molecule has 0 atom stereocenters. The van der Waals surface area contributed by atoms with Crippen molar-refractivity contribution >= 4 is 0 Å². The Balaban J connectivity index is 4.94. The lowest BCUT2D eigenvalue weighted by atomic mass is 10.5. The fraction of sp³-hybridized carbons (Fsp3) is 1.00. The summed E-state index contributed by atoms with van der Waals surface area (Å²) in [6, 6.07) is 0. The molecule has 4 nitrogen and oxygen atoms in total. The number of aliphatic hydroxyl groups excluding tert-OH is 1. The van der Waals surface area contributed by atoms with Crippen LogP contribution in [0, 0.1) is 0 Å². The van der Waals surface area contributed by atoms with Crippen LogP contribution >= 0.6 is 0 Å². The van der Waals surface area contributed by atoms with Gasteiger partial charge in [-0.3, -0.25) is 0 Å². The van der Waals surface area contributed by atoms with Crippen LogP contribution in [0.1, 0.15) is 0 Å². The van der Waals surface area contributed by atoms with Crippen molar-refractivity contribution in [3.05, 3.63) is 0 Å². The molecule has 12 heteroatoms. The normalized spacial score (nSPS) is 15.0. The molecule has 0 aromatic rings. The Morgan fingerprint density at radius 1 is 0.778 bits per heavy atom. The van der Waals surface area contributed by atoms with Crippen LogP contribution in [0.5, 0.6) is 0 Å². The van der Waals surface area contributed by atoms with Crippen molar-refractivity contribution in [3.8, 4) is 0 Å². The standard InChI is InChI=1S/C6H6F8O4/c7-3(8,16)4(9,10)18-6(13,14)5(11,12)17-2-1-15/h15-16H,1-2H2. The second-order valence-corrected chi connectivity index (χ2v) is 2.77. The fourth-order valence-corrected chi connectivity index (χ4v) is 0.540. The van der Waals surface area contributed by atoms with Gasteiger partial charge >= 0.3 is 24.4 Å². The van der Waals surface area contributed by atoms with Crippen LogP contribution in [0.25, 0.3) is 0 Å². The molecular formula is C6H6F8O4. The van der Waals surface area contributed by atoms with Crippen molar-refractivity contribution < 1.29 is 54.8 Å². The summed E-state index contributed by atoms with van der Waals surface area (Å²) in [6.07, 6.45) is -24.3. The molecule has 0 rings (SSSR count). The third kappa shape index (κ3) is 3.90. The molecular weight excluding hydrogens is 288 g/mol. The predicted molar refractivity (Wildman–Crippen MR) is 36.1 cm³/mol. The Hall–Kier alpha value is -0.720. The summed E-state index contributed by atoms with van der Waals surface area (Å²) in [6.45, 7) is -2.56. The Labute approximate surface area is 93.7 Å². The molecule has 0 aliphatic carbocycles. The number of halogens is 8. The van der Waals surface area contributed by atoms with E-state index in [9.17, 15) is 35.1 Å². The van der Waals surface area contributed by atoms with Gasteiger partial charge in [-0.05, 0) is 0 Å². The Morgan fingerprint density at radius 2 is 1.22 bits per heavy atom. The molecule has 18 heavy (non-hydrogen) atoms. The number of alkyl halides is 8. The second-order valence-electron chi connectivity index (χ2n) is 2.77. The molecule has 110 valence electrons. The Bertz CT molecular complexity index is 275. The molecule has 0 aromatic heterocycles. The average molecular weight is 294 g/mol. The largest absolute Gasteiger partial charge is 0.453 e. The van der Waals surface area contributed by atoms with Gasteiger partial charge in [-0.15, -0.1) is 0 Å². The Kier molecular flexibility index (Phi) is 4.90. The highest BCUT2D eigenvalue weighted by atomic mass is 19.3. The van der Waals surface area contributed by atoms with E-state index in [1.807, 2.05) is 4.74 Å². The number of rotatable bonds is 7. The minimum atomic E-state index is -6.28. The molecule has 0 spiro atoms. The highest BCUT2D eigenvalue weighted by molar-refractivity contribution is 4.73. The molecule has 0 aromatic carbocycles. The van der Waals surface area contributed by atoms with Gasteiger partial charge in [0.05, 0.1) is 13.2 Å². The van der Waals surface area contributed by atoms with E-state index in [0.29, 0.717) is 0 Å². The zero-order valence-corrected chi connectivity index (χ0v) is 8.15. The van der Waals surface area contributed by atoms with Gasteiger partial charge in [0.15, 0.2) is 0 Å². The van der Waals surface area contributed by atoms with Crippen molar-refractivity contribution in [2.24, 2.45) is 0 Å². The van der Waals surface area contributed by atoms with Gasteiger partial charge in [-0.25, -0.2) is 4.74 Å². The molecule has 0 heterocycles. The maximum atomic E-state index is 12.4. The van der Waals surface area contributed by atoms with E-state index in [4.69, 9.17) is 10.2 Å². The minimum Gasteiger partial charge on any atom is -0.394 e. The maximum Gasteiger partial charge on any atom is 0.453 e. The van der Waals surface area contributed by atoms with E-state index in [0.717, 1.165) is 0 Å². The van der Waals surface area contributed by atoms with Crippen LogP contribution < -0.4 is 0 Å². The van der Waals surface area contributed by atoms with E-state index >= 15 is 0 Å². The van der Waals surface area contributed by atoms with Gasteiger partial charge < -0.3 is 14.9 Å². The van der Waals surface area contributed by atoms with Crippen molar-refractivity contribution in [2.45, 2.75) is 24.4 Å². The molecule has 0 amide bonds. The molecule has 0 aliphatic heterocycles. The first-order chi connectivity index (χ1) is 7.77. The van der Waals surface area contributed by atoms with Crippen molar-refractivity contribution in [1.82, 2.24) is 0 Å². The summed E-state index contributed by atoms with van der Waals surface area (Å²) < 4.78 is 102. The summed E-state index contributed by atoms with van der Waals surface area (Å²) in [5.74, 6) is 0. The number of hydrogen-bond acceptors (Lipinski definition) is 4. The summed E-state index contributed by atoms with van der Waals surface area (Å²) in [7, 11) is 0. The number of ether oxygens (including phenoxy) is 2. The lowest BCUT2D eigenvalue weighted by molar-refractivity contribution is -0.524. The van der Waals surface area contributed by atoms with Crippen LogP contribution in [0.15, 0.2) is 0 Å². The van der Waals surface area contributed by atoms with E-state index in [-0.39, 0.29) is 0 Å². The SMILES string of the molecule is OCCOC(F)(F)C(F)(F)OC(F)(F)C(O)(F)F. The summed E-state index contributed by atoms with van der Waals surface area (Å²) in [5.41, 5.74) is 0. The molecule has 0 saturated carbocycles. The van der Waals surface area contributed by atoms with Gasteiger partial charge in [0.2, 0.25) is 0 Å². The number of hydrogen-bond donors (Lipinski definition) is 2. The van der Waals surface area contributed by atoms with E-state index in [2.05, 4.69) is 4.74 Å². The van der Waals surface area contributed by atoms with Gasteiger partial charge in [-0.1, -0.05) is 0 Å². The van der Waals surface area contributed by atoms with Gasteiger partial charge in [0.25, 0.3) is 0 Å². The molecule has 0 aliphatic rings. The van der Waals surface area contributed by atoms with E-state index in [1.165, 1.54) is 0 Å². The van der Waals surface area contributed by atoms with Crippen LogP contribution in [-0.2, 0) is 9.47 Å². The van der Waals surface area contributed by atoms with Gasteiger partial charge in [-0.2, -0.15) is 35.1 Å². The minimum absolute atomic E-state index is 1.17. The number of aliphatic hydroxyl groups is 2. The second kappa shape index (κ2) is 5.11. The lowest BCUT2D eigenvalue weighted by Crippen LogP contribution is -2.54. The third-order valence-corrected chi connectivity index (χ3v) is 1.32. The summed E-state index contributed by atoms with van der Waals surface area (Å²) in [4.78, 5) is 0. The zero-order valence-electron chi connectivity index (χ0n) is 8.15. The van der Waals surface area contributed by atoms with Crippen LogP contribution in [-0.4, -0.2) is 47.9 Å². The van der Waals surface area contributed by atoms with Crippen LogP contribution in [0.2, 0.25) is 0 Å². The first kappa shape index (κ1) is 17.3. The highest BCUT2D eigenvalue weighted by Gasteiger charge is 2.70. The predicted octanol–water partition coefficient (Wildman–Crippen LogP) is 1.38. The quantitative estimate of drug-likeness (QED) is 0.696. The van der Waals surface area contributed by atoms with E-state index in [1.54, 1.807) is 0 Å². The molecule has 0 bridgehead atoms. The van der Waals surface area contributed by atoms with Crippen molar-refractivity contribution in [2.75, 3.05) is 13.2 Å². The molecule has 0 saturated heterocycles. The molecule has 0 fully saturated rings. The summed E-state index contributed by atoms with van der Waals surface area (Å²) in [5, 5.41) is 15.5. The fourth-order valence-electron chi connectivity index (χ4n) is 0.540. The van der Waals surface area contributed by atoms with Crippen LogP contribution in [0.4, 0.5) is 35.1 Å². The smallest absolute Gasteiger partial charge is 0.394 e. The molecule has 0 unspecified atom stereocenters. The topological polar surface area (TPSA) is 58.9 Å². The summed E-state index contributed by atoms with van der Waals surface area (Å²) >= 11 is 0. The van der Waals surface area contributed by atoms with Crippen LogP contribution in [0.3, 0.4) is 0 Å². The first-order valence-corrected chi connectivity index (χ1v) is 3.95. The van der Waals surface area contributed by atoms with Gasteiger partial charge in [0.1, 0.15) is 0 Å².